The number of morpholine rings is 1. The number of rotatable bonds is 6. The van der Waals surface area contributed by atoms with E-state index < -0.39 is 0 Å². The van der Waals surface area contributed by atoms with Crippen LogP contribution in [0.3, 0.4) is 0 Å². The Kier molecular flexibility index (Phi) is 13.1. The molecule has 1 unspecified atom stereocenters. The highest BCUT2D eigenvalue weighted by Gasteiger charge is 2.19. The summed E-state index contributed by atoms with van der Waals surface area (Å²) < 4.78 is 5.15. The fourth-order valence-corrected chi connectivity index (χ4v) is 2.60. The van der Waals surface area contributed by atoms with Crippen LogP contribution < -0.4 is 0 Å². The lowest BCUT2D eigenvalue weighted by atomic mass is 10.0. The SMILES string of the molecule is CC.CC.Cc1ccccc1CC(C)N(C)CCN1CCOCC1=O. The molecular formula is C21H38N2O2. The highest BCUT2D eigenvalue weighted by molar-refractivity contribution is 5.77. The van der Waals surface area contributed by atoms with E-state index >= 15 is 0 Å². The van der Waals surface area contributed by atoms with Gasteiger partial charge in [-0.15, -0.1) is 0 Å². The minimum atomic E-state index is 0.112. The fourth-order valence-electron chi connectivity index (χ4n) is 2.60. The number of hydrogen-bond acceptors (Lipinski definition) is 3. The first-order valence-corrected chi connectivity index (χ1v) is 9.68. The van der Waals surface area contributed by atoms with Gasteiger partial charge in [-0.3, -0.25) is 4.79 Å². The van der Waals surface area contributed by atoms with Crippen molar-refractivity contribution in [1.82, 2.24) is 9.80 Å². The lowest BCUT2D eigenvalue weighted by Crippen LogP contribution is -2.46. The average Bonchev–Trinajstić information content (AvgIpc) is 2.66. The van der Waals surface area contributed by atoms with Gasteiger partial charge in [0.1, 0.15) is 6.61 Å². The van der Waals surface area contributed by atoms with Crippen molar-refractivity contribution in [2.75, 3.05) is 39.9 Å². The molecule has 0 saturated carbocycles. The molecule has 1 saturated heterocycles. The summed E-state index contributed by atoms with van der Waals surface area (Å²) in [5.74, 6) is 0.112. The zero-order valence-electron chi connectivity index (χ0n) is 17.3. The molecule has 1 heterocycles. The first-order valence-electron chi connectivity index (χ1n) is 9.68. The van der Waals surface area contributed by atoms with Crippen molar-refractivity contribution in [3.8, 4) is 0 Å². The van der Waals surface area contributed by atoms with E-state index in [-0.39, 0.29) is 12.5 Å². The van der Waals surface area contributed by atoms with Gasteiger partial charge in [-0.25, -0.2) is 0 Å². The Morgan fingerprint density at radius 2 is 1.84 bits per heavy atom. The molecule has 1 atom stereocenters. The van der Waals surface area contributed by atoms with Crippen LogP contribution in [0, 0.1) is 6.92 Å². The molecule has 1 aliphatic rings. The third-order valence-electron chi connectivity index (χ3n) is 4.34. The molecule has 1 aliphatic heterocycles. The molecule has 1 fully saturated rings. The van der Waals surface area contributed by atoms with Crippen molar-refractivity contribution in [2.45, 2.75) is 54.0 Å². The number of benzene rings is 1. The molecule has 0 aromatic heterocycles. The maximum absolute atomic E-state index is 11.7. The Hall–Kier alpha value is -1.39. The number of carbonyl (C=O) groups excluding carboxylic acids is 1. The van der Waals surface area contributed by atoms with Gasteiger partial charge in [-0.05, 0) is 38.4 Å². The monoisotopic (exact) mass is 350 g/mol. The molecule has 25 heavy (non-hydrogen) atoms. The second-order valence-electron chi connectivity index (χ2n) is 5.89. The lowest BCUT2D eigenvalue weighted by Gasteiger charge is -2.31. The van der Waals surface area contributed by atoms with E-state index in [1.165, 1.54) is 11.1 Å². The van der Waals surface area contributed by atoms with E-state index in [1.54, 1.807) is 0 Å². The third kappa shape index (κ3) is 8.50. The van der Waals surface area contributed by atoms with Gasteiger partial charge in [0.25, 0.3) is 0 Å². The van der Waals surface area contributed by atoms with Crippen molar-refractivity contribution >= 4 is 5.91 Å². The quantitative estimate of drug-likeness (QED) is 0.783. The first-order chi connectivity index (χ1) is 12.1. The first kappa shape index (κ1) is 23.6. The Balaban J connectivity index is 0.00000134. The van der Waals surface area contributed by atoms with Crippen LogP contribution in [0.4, 0.5) is 0 Å². The molecule has 2 rings (SSSR count). The third-order valence-corrected chi connectivity index (χ3v) is 4.34. The van der Waals surface area contributed by atoms with Crippen LogP contribution in [0.2, 0.25) is 0 Å². The van der Waals surface area contributed by atoms with Gasteiger partial charge in [0, 0.05) is 25.7 Å². The number of nitrogens with zero attached hydrogens (tertiary/aromatic N) is 2. The van der Waals surface area contributed by atoms with Gasteiger partial charge in [0.2, 0.25) is 5.91 Å². The number of carbonyl (C=O) groups is 1. The number of hydrogen-bond donors (Lipinski definition) is 0. The van der Waals surface area contributed by atoms with Crippen molar-refractivity contribution in [2.24, 2.45) is 0 Å². The Labute approximate surface area is 155 Å². The average molecular weight is 351 g/mol. The highest BCUT2D eigenvalue weighted by atomic mass is 16.5. The van der Waals surface area contributed by atoms with Crippen LogP contribution in [0.5, 0.6) is 0 Å². The maximum atomic E-state index is 11.7. The minimum absolute atomic E-state index is 0.112. The minimum Gasteiger partial charge on any atom is -0.370 e. The molecule has 1 aromatic rings. The summed E-state index contributed by atoms with van der Waals surface area (Å²) in [5, 5.41) is 0. The smallest absolute Gasteiger partial charge is 0.248 e. The van der Waals surface area contributed by atoms with E-state index in [0.29, 0.717) is 12.6 Å². The van der Waals surface area contributed by atoms with E-state index in [1.807, 2.05) is 32.6 Å². The van der Waals surface area contributed by atoms with Crippen molar-refractivity contribution in [1.29, 1.82) is 0 Å². The summed E-state index contributed by atoms with van der Waals surface area (Å²) in [6.07, 6.45) is 1.04. The predicted molar refractivity (Wildman–Crippen MR) is 107 cm³/mol. The molecule has 1 amide bonds. The zero-order valence-corrected chi connectivity index (χ0v) is 17.3. The molecule has 0 radical (unpaired) electrons. The van der Waals surface area contributed by atoms with Crippen molar-refractivity contribution in [3.63, 3.8) is 0 Å². The topological polar surface area (TPSA) is 32.8 Å². The summed E-state index contributed by atoms with van der Waals surface area (Å²) in [5.41, 5.74) is 2.75. The molecule has 0 bridgehead atoms. The fraction of sp³-hybridized carbons (Fsp3) is 0.667. The molecule has 0 N–H and O–H groups in total. The van der Waals surface area contributed by atoms with E-state index in [9.17, 15) is 4.79 Å². The van der Waals surface area contributed by atoms with Crippen molar-refractivity contribution < 1.29 is 9.53 Å². The molecule has 1 aromatic carbocycles. The van der Waals surface area contributed by atoms with Gasteiger partial charge in [0.05, 0.1) is 6.61 Å². The molecule has 0 spiro atoms. The summed E-state index contributed by atoms with van der Waals surface area (Å²) in [6.45, 7) is 15.7. The number of ether oxygens (including phenoxy) is 1. The second-order valence-corrected chi connectivity index (χ2v) is 5.89. The normalized spacial score (nSPS) is 15.0. The Morgan fingerprint density at radius 1 is 1.20 bits per heavy atom. The summed E-state index contributed by atoms with van der Waals surface area (Å²) >= 11 is 0. The number of aryl methyl sites for hydroxylation is 1. The summed E-state index contributed by atoms with van der Waals surface area (Å²) in [4.78, 5) is 15.9. The Morgan fingerprint density at radius 3 is 2.44 bits per heavy atom. The van der Waals surface area contributed by atoms with Crippen LogP contribution in [-0.4, -0.2) is 61.6 Å². The van der Waals surface area contributed by atoms with Crippen LogP contribution in [-0.2, 0) is 16.0 Å². The predicted octanol–water partition coefficient (Wildman–Crippen LogP) is 3.77. The van der Waals surface area contributed by atoms with Gasteiger partial charge in [0.15, 0.2) is 0 Å². The Bertz CT molecular complexity index is 477. The van der Waals surface area contributed by atoms with Crippen LogP contribution in [0.25, 0.3) is 0 Å². The standard InChI is InChI=1S/C17H26N2O2.2C2H6/c1-14-6-4-5-7-16(14)12-15(2)18(3)8-9-19-10-11-21-13-17(19)20;2*1-2/h4-7,15H,8-13H2,1-3H3;2*1-2H3. The summed E-state index contributed by atoms with van der Waals surface area (Å²) in [6, 6.07) is 9.00. The van der Waals surface area contributed by atoms with Gasteiger partial charge in [-0.2, -0.15) is 0 Å². The van der Waals surface area contributed by atoms with Gasteiger partial charge >= 0.3 is 0 Å². The summed E-state index contributed by atoms with van der Waals surface area (Å²) in [7, 11) is 2.13. The van der Waals surface area contributed by atoms with Gasteiger partial charge < -0.3 is 14.5 Å². The molecular weight excluding hydrogens is 312 g/mol. The van der Waals surface area contributed by atoms with E-state index in [0.717, 1.165) is 26.1 Å². The van der Waals surface area contributed by atoms with E-state index in [2.05, 4.69) is 50.1 Å². The highest BCUT2D eigenvalue weighted by Crippen LogP contribution is 2.12. The van der Waals surface area contributed by atoms with Crippen molar-refractivity contribution in [3.05, 3.63) is 35.4 Å². The van der Waals surface area contributed by atoms with Crippen LogP contribution in [0.15, 0.2) is 24.3 Å². The maximum Gasteiger partial charge on any atom is 0.248 e. The molecule has 4 nitrogen and oxygen atoms in total. The number of amides is 1. The van der Waals surface area contributed by atoms with Crippen LogP contribution >= 0.6 is 0 Å². The molecule has 0 aliphatic carbocycles. The molecule has 4 heteroatoms. The lowest BCUT2D eigenvalue weighted by molar-refractivity contribution is -0.142. The van der Waals surface area contributed by atoms with Gasteiger partial charge in [-0.1, -0.05) is 52.0 Å². The largest absolute Gasteiger partial charge is 0.370 e. The zero-order chi connectivity index (χ0) is 19.2. The second kappa shape index (κ2) is 13.9. The van der Waals surface area contributed by atoms with E-state index in [4.69, 9.17) is 4.74 Å². The van der Waals surface area contributed by atoms with Crippen LogP contribution in [0.1, 0.15) is 45.7 Å². The number of likely N-dealkylation sites (N-methyl/N-ethyl adjacent to an activating group) is 1. The molecule has 144 valence electrons.